The number of fused-ring (bicyclic) bond motifs is 1. The van der Waals surface area contributed by atoms with Gasteiger partial charge in [0.05, 0.1) is 26.2 Å². The molecule has 1 N–H and O–H groups in total. The Labute approximate surface area is 208 Å². The van der Waals surface area contributed by atoms with Gasteiger partial charge in [-0.2, -0.15) is 0 Å². The van der Waals surface area contributed by atoms with Gasteiger partial charge in [0.1, 0.15) is 5.82 Å². The zero-order chi connectivity index (χ0) is 25.3. The van der Waals surface area contributed by atoms with E-state index in [1.807, 2.05) is 30.5 Å². The molecule has 0 spiro atoms. The lowest BCUT2D eigenvalue weighted by Gasteiger charge is -2.40. The highest BCUT2D eigenvalue weighted by Crippen LogP contribution is 2.46. The number of methoxy groups -OCH3 is 2. The predicted molar refractivity (Wildman–Crippen MR) is 135 cm³/mol. The van der Waals surface area contributed by atoms with Crippen LogP contribution in [0.15, 0.2) is 59.5 Å². The molecule has 2 amide bonds. The molecule has 1 aliphatic rings. The van der Waals surface area contributed by atoms with Gasteiger partial charge in [-0.15, -0.1) is 11.8 Å². The number of aryl methyl sites for hydroxylation is 1. The van der Waals surface area contributed by atoms with Crippen LogP contribution in [0.25, 0.3) is 0 Å². The number of likely N-dealkylation sites (N-methyl/N-ethyl adjacent to an activating group) is 1. The standard InChI is InChI=1S/C27H27FN2O4S/c1-15-6-9-17(12-21(15)28)29-26(31)24-19-13-22(33-3)23(34-4)14-20(19)27(32)30(2)25(24)16-7-10-18(35-5)11-8-16/h6-14,24-25H,1-5H3,(H,29,31). The molecule has 2 unspecified atom stereocenters. The molecule has 35 heavy (non-hydrogen) atoms. The number of benzene rings is 3. The number of carbonyl (C=O) groups excluding carboxylic acids is 2. The fourth-order valence-corrected chi connectivity index (χ4v) is 4.85. The molecule has 6 nitrogen and oxygen atoms in total. The molecule has 0 aliphatic carbocycles. The van der Waals surface area contributed by atoms with Crippen molar-refractivity contribution in [3.8, 4) is 11.5 Å². The molecule has 0 aromatic heterocycles. The number of anilines is 1. The minimum atomic E-state index is -0.781. The number of rotatable bonds is 6. The summed E-state index contributed by atoms with van der Waals surface area (Å²) in [4.78, 5) is 29.9. The van der Waals surface area contributed by atoms with E-state index >= 15 is 0 Å². The predicted octanol–water partition coefficient (Wildman–Crippen LogP) is 5.42. The van der Waals surface area contributed by atoms with Crippen LogP contribution < -0.4 is 14.8 Å². The summed E-state index contributed by atoms with van der Waals surface area (Å²) in [6, 6.07) is 15.1. The SMILES string of the molecule is COc1cc2c(cc1OC)C(C(=O)Nc1ccc(C)c(F)c1)C(c1ccc(SC)cc1)N(C)C2=O. The van der Waals surface area contributed by atoms with Crippen LogP contribution in [0.1, 0.15) is 39.0 Å². The number of hydrogen-bond acceptors (Lipinski definition) is 5. The Morgan fingerprint density at radius 3 is 2.29 bits per heavy atom. The van der Waals surface area contributed by atoms with Gasteiger partial charge in [0.15, 0.2) is 11.5 Å². The van der Waals surface area contributed by atoms with Crippen LogP contribution in [-0.2, 0) is 4.79 Å². The van der Waals surface area contributed by atoms with Crippen molar-refractivity contribution in [2.75, 3.05) is 32.8 Å². The second-order valence-electron chi connectivity index (χ2n) is 8.36. The van der Waals surface area contributed by atoms with Gasteiger partial charge in [0.2, 0.25) is 5.91 Å². The van der Waals surface area contributed by atoms with Gasteiger partial charge in [-0.3, -0.25) is 9.59 Å². The van der Waals surface area contributed by atoms with Gasteiger partial charge >= 0.3 is 0 Å². The Balaban J connectivity index is 1.86. The molecule has 3 aromatic carbocycles. The van der Waals surface area contributed by atoms with Crippen molar-refractivity contribution in [3.63, 3.8) is 0 Å². The second-order valence-corrected chi connectivity index (χ2v) is 9.24. The molecular formula is C27H27FN2O4S. The maximum atomic E-state index is 14.2. The summed E-state index contributed by atoms with van der Waals surface area (Å²) >= 11 is 1.61. The summed E-state index contributed by atoms with van der Waals surface area (Å²) in [5, 5.41) is 2.85. The van der Waals surface area contributed by atoms with Gasteiger partial charge in [0, 0.05) is 23.2 Å². The fourth-order valence-electron chi connectivity index (χ4n) is 4.44. The zero-order valence-electron chi connectivity index (χ0n) is 20.2. The number of carbonyl (C=O) groups is 2. The first kappa shape index (κ1) is 24.6. The summed E-state index contributed by atoms with van der Waals surface area (Å²) < 4.78 is 25.1. The number of nitrogens with one attached hydrogen (secondary N) is 1. The van der Waals surface area contributed by atoms with E-state index in [1.165, 1.54) is 20.3 Å². The van der Waals surface area contributed by atoms with Gasteiger partial charge in [-0.1, -0.05) is 18.2 Å². The van der Waals surface area contributed by atoms with E-state index < -0.39 is 17.8 Å². The van der Waals surface area contributed by atoms with Crippen molar-refractivity contribution in [2.24, 2.45) is 0 Å². The molecule has 0 fully saturated rings. The van der Waals surface area contributed by atoms with Crippen molar-refractivity contribution in [1.29, 1.82) is 0 Å². The van der Waals surface area contributed by atoms with Crippen LogP contribution >= 0.6 is 11.8 Å². The Morgan fingerprint density at radius 1 is 1.03 bits per heavy atom. The average molecular weight is 495 g/mol. The summed E-state index contributed by atoms with van der Waals surface area (Å²) in [6.45, 7) is 1.66. The number of nitrogens with zero attached hydrogens (tertiary/aromatic N) is 1. The molecule has 3 aromatic rings. The molecule has 0 radical (unpaired) electrons. The average Bonchev–Trinajstić information content (AvgIpc) is 2.87. The maximum Gasteiger partial charge on any atom is 0.254 e. The Kier molecular flexibility index (Phi) is 7.03. The van der Waals surface area contributed by atoms with E-state index in [2.05, 4.69) is 5.32 Å². The highest BCUT2D eigenvalue weighted by molar-refractivity contribution is 7.98. The van der Waals surface area contributed by atoms with E-state index in [0.717, 1.165) is 10.5 Å². The van der Waals surface area contributed by atoms with Crippen LogP contribution in [-0.4, -0.2) is 44.2 Å². The molecule has 1 heterocycles. The number of thioether (sulfide) groups is 1. The van der Waals surface area contributed by atoms with E-state index in [4.69, 9.17) is 9.47 Å². The van der Waals surface area contributed by atoms with Gasteiger partial charge in [-0.25, -0.2) is 4.39 Å². The third-order valence-electron chi connectivity index (χ3n) is 6.35. The smallest absolute Gasteiger partial charge is 0.254 e. The van der Waals surface area contributed by atoms with E-state index in [0.29, 0.717) is 33.9 Å². The van der Waals surface area contributed by atoms with Gasteiger partial charge in [0.25, 0.3) is 5.91 Å². The third-order valence-corrected chi connectivity index (χ3v) is 7.10. The molecule has 8 heteroatoms. The molecular weight excluding hydrogens is 467 g/mol. The monoisotopic (exact) mass is 494 g/mol. The summed E-state index contributed by atoms with van der Waals surface area (Å²) in [6.07, 6.45) is 1.98. The lowest BCUT2D eigenvalue weighted by Crippen LogP contribution is -2.44. The topological polar surface area (TPSA) is 67.9 Å². The third kappa shape index (κ3) is 4.58. The van der Waals surface area contributed by atoms with Crippen LogP contribution in [0.4, 0.5) is 10.1 Å². The van der Waals surface area contributed by atoms with Gasteiger partial charge in [-0.05, 0) is 66.3 Å². The number of hydrogen-bond donors (Lipinski definition) is 1. The first-order chi connectivity index (χ1) is 16.8. The normalized spacial score (nSPS) is 17.1. The Morgan fingerprint density at radius 2 is 1.69 bits per heavy atom. The van der Waals surface area contributed by atoms with E-state index in [-0.39, 0.29) is 11.8 Å². The van der Waals surface area contributed by atoms with E-state index in [9.17, 15) is 14.0 Å². The minimum absolute atomic E-state index is 0.231. The molecule has 2 atom stereocenters. The minimum Gasteiger partial charge on any atom is -0.493 e. The van der Waals surface area contributed by atoms with Crippen molar-refractivity contribution in [3.05, 3.63) is 82.7 Å². The largest absolute Gasteiger partial charge is 0.493 e. The van der Waals surface area contributed by atoms with E-state index in [1.54, 1.807) is 54.9 Å². The summed E-state index contributed by atoms with van der Waals surface area (Å²) in [5.74, 6) is -0.966. The number of amides is 2. The fraction of sp³-hybridized carbons (Fsp3) is 0.259. The van der Waals surface area contributed by atoms with Crippen LogP contribution in [0.3, 0.4) is 0 Å². The van der Waals surface area contributed by atoms with Crippen LogP contribution in [0.5, 0.6) is 11.5 Å². The van der Waals surface area contributed by atoms with Crippen LogP contribution in [0.2, 0.25) is 0 Å². The second kappa shape index (κ2) is 10.00. The molecule has 0 bridgehead atoms. The maximum absolute atomic E-state index is 14.2. The van der Waals surface area contributed by atoms with Crippen molar-refractivity contribution >= 4 is 29.3 Å². The number of ether oxygens (including phenoxy) is 2. The number of halogens is 1. The lowest BCUT2D eigenvalue weighted by atomic mass is 9.79. The quantitative estimate of drug-likeness (QED) is 0.464. The van der Waals surface area contributed by atoms with Crippen molar-refractivity contribution < 1.29 is 23.5 Å². The highest BCUT2D eigenvalue weighted by Gasteiger charge is 2.43. The molecule has 182 valence electrons. The Hall–Kier alpha value is -3.52. The van der Waals surface area contributed by atoms with Crippen molar-refractivity contribution in [1.82, 2.24) is 4.90 Å². The van der Waals surface area contributed by atoms with Crippen LogP contribution in [0, 0.1) is 12.7 Å². The van der Waals surface area contributed by atoms with Gasteiger partial charge < -0.3 is 19.7 Å². The zero-order valence-corrected chi connectivity index (χ0v) is 21.0. The summed E-state index contributed by atoms with van der Waals surface area (Å²) in [5.41, 5.74) is 2.53. The first-order valence-corrected chi connectivity index (χ1v) is 12.3. The molecule has 0 saturated heterocycles. The molecule has 1 aliphatic heterocycles. The summed E-state index contributed by atoms with van der Waals surface area (Å²) in [7, 11) is 4.68. The van der Waals surface area contributed by atoms with Crippen molar-refractivity contribution in [2.45, 2.75) is 23.8 Å². The molecule has 4 rings (SSSR count). The first-order valence-electron chi connectivity index (χ1n) is 11.0. The lowest BCUT2D eigenvalue weighted by molar-refractivity contribution is -0.119. The highest BCUT2D eigenvalue weighted by atomic mass is 32.2. The molecule has 0 saturated carbocycles. The Bertz CT molecular complexity index is 1280.